The van der Waals surface area contributed by atoms with Crippen LogP contribution in [0.5, 0.6) is 11.7 Å². The molecule has 5 aromatic rings. The first-order chi connectivity index (χ1) is 17.7. The second kappa shape index (κ2) is 10.8. The molecular formula is C31H27NO4. The predicted octanol–water partition coefficient (Wildman–Crippen LogP) is 6.26. The van der Waals surface area contributed by atoms with Crippen LogP contribution in [-0.4, -0.2) is 11.7 Å². The zero-order chi connectivity index (χ0) is 24.7. The Hall–Kier alpha value is -4.51. The van der Waals surface area contributed by atoms with Crippen LogP contribution in [0.4, 0.5) is 0 Å². The summed E-state index contributed by atoms with van der Waals surface area (Å²) in [5.74, 6) is 0.550. The van der Waals surface area contributed by atoms with Gasteiger partial charge in [0.15, 0.2) is 0 Å². The molecule has 5 rings (SSSR count). The minimum Gasteiger partial charge on any atom is -0.489 e. The standard InChI is InChI=1S/C31H27NO4/c1-34-30-28(21-23-17-19-27(20-18-23)35-22-24-11-5-2-6-12-24)32(31(33)36-30)29(25-13-7-3-8-14-25)26-15-9-4-10-16-26/h2-20,29H,21-22H2,1H3. The van der Waals surface area contributed by atoms with Gasteiger partial charge in [-0.25, -0.2) is 4.79 Å². The van der Waals surface area contributed by atoms with Crippen molar-refractivity contribution in [3.8, 4) is 11.7 Å². The third kappa shape index (κ3) is 5.10. The summed E-state index contributed by atoms with van der Waals surface area (Å²) < 4.78 is 18.7. The number of aromatic nitrogens is 1. The van der Waals surface area contributed by atoms with Crippen LogP contribution in [0.25, 0.3) is 0 Å². The summed E-state index contributed by atoms with van der Waals surface area (Å²) in [6.45, 7) is 0.505. The van der Waals surface area contributed by atoms with Gasteiger partial charge in [-0.2, -0.15) is 0 Å². The van der Waals surface area contributed by atoms with Crippen molar-refractivity contribution in [2.75, 3.05) is 7.11 Å². The Balaban J connectivity index is 1.47. The average molecular weight is 478 g/mol. The van der Waals surface area contributed by atoms with Gasteiger partial charge in [0.1, 0.15) is 18.1 Å². The molecule has 0 bridgehead atoms. The van der Waals surface area contributed by atoms with E-state index in [9.17, 15) is 4.79 Å². The van der Waals surface area contributed by atoms with Crippen molar-refractivity contribution in [3.05, 3.63) is 154 Å². The summed E-state index contributed by atoms with van der Waals surface area (Å²) in [5, 5.41) is 0. The molecule has 36 heavy (non-hydrogen) atoms. The van der Waals surface area contributed by atoms with Crippen molar-refractivity contribution in [3.63, 3.8) is 0 Å². The van der Waals surface area contributed by atoms with Crippen molar-refractivity contribution in [2.24, 2.45) is 0 Å². The van der Waals surface area contributed by atoms with E-state index < -0.39 is 5.76 Å². The molecule has 0 atom stereocenters. The largest absolute Gasteiger partial charge is 0.489 e. The summed E-state index contributed by atoms with van der Waals surface area (Å²) in [6.07, 6.45) is 0.462. The highest BCUT2D eigenvalue weighted by atomic mass is 16.6. The lowest BCUT2D eigenvalue weighted by atomic mass is 9.97. The maximum Gasteiger partial charge on any atom is 0.423 e. The van der Waals surface area contributed by atoms with Crippen molar-refractivity contribution < 1.29 is 13.9 Å². The van der Waals surface area contributed by atoms with Crippen molar-refractivity contribution >= 4 is 0 Å². The molecular weight excluding hydrogens is 450 g/mol. The Labute approximate surface area is 210 Å². The van der Waals surface area contributed by atoms with Crippen LogP contribution in [0, 0.1) is 0 Å². The van der Waals surface area contributed by atoms with E-state index in [0.717, 1.165) is 28.0 Å². The van der Waals surface area contributed by atoms with Crippen LogP contribution in [0.1, 0.15) is 34.0 Å². The SMILES string of the molecule is COc1oc(=O)n(C(c2ccccc2)c2ccccc2)c1Cc1ccc(OCc2ccccc2)cc1. The first-order valence-electron chi connectivity index (χ1n) is 11.9. The number of benzene rings is 4. The highest BCUT2D eigenvalue weighted by molar-refractivity contribution is 5.37. The van der Waals surface area contributed by atoms with E-state index in [1.807, 2.05) is 115 Å². The molecule has 1 heterocycles. The second-order valence-corrected chi connectivity index (χ2v) is 8.50. The lowest BCUT2D eigenvalue weighted by Gasteiger charge is -2.21. The first kappa shape index (κ1) is 23.2. The van der Waals surface area contributed by atoms with Crippen LogP contribution in [-0.2, 0) is 13.0 Å². The third-order valence-corrected chi connectivity index (χ3v) is 6.12. The minimum absolute atomic E-state index is 0.223. The Morgan fingerprint density at radius 3 is 1.83 bits per heavy atom. The average Bonchev–Trinajstić information content (AvgIpc) is 3.24. The molecule has 0 aliphatic carbocycles. The van der Waals surface area contributed by atoms with Gasteiger partial charge in [0.2, 0.25) is 0 Å². The van der Waals surface area contributed by atoms with E-state index in [0.29, 0.717) is 18.7 Å². The second-order valence-electron chi connectivity index (χ2n) is 8.50. The molecule has 0 unspecified atom stereocenters. The van der Waals surface area contributed by atoms with Crippen molar-refractivity contribution in [1.29, 1.82) is 0 Å². The van der Waals surface area contributed by atoms with Crippen LogP contribution < -0.4 is 15.2 Å². The zero-order valence-corrected chi connectivity index (χ0v) is 20.0. The van der Waals surface area contributed by atoms with Crippen LogP contribution >= 0.6 is 0 Å². The highest BCUT2D eigenvalue weighted by Crippen LogP contribution is 2.31. The summed E-state index contributed by atoms with van der Waals surface area (Å²) in [5.41, 5.74) is 4.77. The fourth-order valence-corrected chi connectivity index (χ4v) is 4.37. The fraction of sp³-hybridized carbons (Fsp3) is 0.129. The molecule has 0 fully saturated rings. The normalized spacial score (nSPS) is 10.9. The monoisotopic (exact) mass is 477 g/mol. The number of oxazole rings is 1. The van der Waals surface area contributed by atoms with Crippen molar-refractivity contribution in [1.82, 2.24) is 4.57 Å². The smallest absolute Gasteiger partial charge is 0.423 e. The van der Waals surface area contributed by atoms with Crippen LogP contribution in [0.15, 0.2) is 124 Å². The lowest BCUT2D eigenvalue weighted by molar-refractivity contribution is 0.290. The Morgan fingerprint density at radius 1 is 0.722 bits per heavy atom. The molecule has 180 valence electrons. The highest BCUT2D eigenvalue weighted by Gasteiger charge is 2.26. The van der Waals surface area contributed by atoms with Gasteiger partial charge in [-0.15, -0.1) is 0 Å². The number of rotatable bonds is 9. The van der Waals surface area contributed by atoms with Gasteiger partial charge in [0, 0.05) is 6.42 Å². The fourth-order valence-electron chi connectivity index (χ4n) is 4.37. The Morgan fingerprint density at radius 2 is 1.28 bits per heavy atom. The van der Waals surface area contributed by atoms with E-state index >= 15 is 0 Å². The molecule has 0 saturated heterocycles. The zero-order valence-electron chi connectivity index (χ0n) is 20.0. The van der Waals surface area contributed by atoms with Gasteiger partial charge >= 0.3 is 11.7 Å². The summed E-state index contributed by atoms with van der Waals surface area (Å²) in [4.78, 5) is 13.2. The maximum atomic E-state index is 13.2. The van der Waals surface area contributed by atoms with Crippen molar-refractivity contribution in [2.45, 2.75) is 19.1 Å². The van der Waals surface area contributed by atoms with Gasteiger partial charge < -0.3 is 13.9 Å². The third-order valence-electron chi connectivity index (χ3n) is 6.12. The number of methoxy groups -OCH3 is 1. The number of nitrogens with zero attached hydrogens (tertiary/aromatic N) is 1. The van der Waals surface area contributed by atoms with Gasteiger partial charge in [-0.05, 0) is 34.4 Å². The first-order valence-corrected chi connectivity index (χ1v) is 11.9. The Kier molecular flexibility index (Phi) is 6.99. The molecule has 0 N–H and O–H groups in total. The summed E-state index contributed by atoms with van der Waals surface area (Å²) in [7, 11) is 1.52. The molecule has 5 heteroatoms. The molecule has 0 saturated carbocycles. The molecule has 4 aromatic carbocycles. The number of ether oxygens (including phenoxy) is 2. The quantitative estimate of drug-likeness (QED) is 0.252. The van der Waals surface area contributed by atoms with Gasteiger partial charge in [0.05, 0.1) is 13.2 Å². The molecule has 0 radical (unpaired) electrons. The molecule has 5 nitrogen and oxygen atoms in total. The van der Waals surface area contributed by atoms with Gasteiger partial charge in [-0.3, -0.25) is 4.57 Å². The molecule has 1 aromatic heterocycles. The lowest BCUT2D eigenvalue weighted by Crippen LogP contribution is -2.25. The molecule has 0 aliphatic rings. The van der Waals surface area contributed by atoms with E-state index in [2.05, 4.69) is 0 Å². The molecule has 0 spiro atoms. The topological polar surface area (TPSA) is 53.6 Å². The van der Waals surface area contributed by atoms with Crippen LogP contribution in [0.3, 0.4) is 0 Å². The molecule has 0 aliphatic heterocycles. The van der Waals surface area contributed by atoms with E-state index in [1.165, 1.54) is 7.11 Å². The number of hydrogen-bond acceptors (Lipinski definition) is 4. The van der Waals surface area contributed by atoms with Gasteiger partial charge in [-0.1, -0.05) is 103 Å². The van der Waals surface area contributed by atoms with Gasteiger partial charge in [0.25, 0.3) is 0 Å². The maximum absolute atomic E-state index is 13.2. The molecule has 0 amide bonds. The summed E-state index contributed by atoms with van der Waals surface area (Å²) >= 11 is 0. The predicted molar refractivity (Wildman–Crippen MR) is 140 cm³/mol. The summed E-state index contributed by atoms with van der Waals surface area (Å²) in [6, 6.07) is 37.5. The Bertz CT molecular complexity index is 1400. The number of hydrogen-bond donors (Lipinski definition) is 0. The minimum atomic E-state index is -0.456. The van der Waals surface area contributed by atoms with E-state index in [-0.39, 0.29) is 12.0 Å². The van der Waals surface area contributed by atoms with Crippen LogP contribution in [0.2, 0.25) is 0 Å². The van der Waals surface area contributed by atoms with E-state index in [1.54, 1.807) is 4.57 Å². The van der Waals surface area contributed by atoms with E-state index in [4.69, 9.17) is 13.9 Å².